The Labute approximate surface area is 153 Å². The monoisotopic (exact) mass is 357 g/mol. The number of morpholine rings is 1. The van der Waals surface area contributed by atoms with Crippen LogP contribution in [0.4, 0.5) is 0 Å². The lowest BCUT2D eigenvalue weighted by molar-refractivity contribution is -0.121. The topological polar surface area (TPSA) is 74.4 Å². The van der Waals surface area contributed by atoms with E-state index in [-0.39, 0.29) is 11.5 Å². The Morgan fingerprint density at radius 3 is 2.77 bits per heavy atom. The molecule has 140 valence electrons. The summed E-state index contributed by atoms with van der Waals surface area (Å²) in [7, 11) is 0. The summed E-state index contributed by atoms with van der Waals surface area (Å²) in [4.78, 5) is 29.6. The average molecular weight is 357 g/mol. The van der Waals surface area contributed by atoms with Crippen LogP contribution in [0.25, 0.3) is 10.9 Å². The molecule has 0 atom stereocenters. The van der Waals surface area contributed by atoms with Gasteiger partial charge in [0.05, 0.1) is 13.2 Å². The lowest BCUT2D eigenvalue weighted by atomic mass is 10.0. The zero-order valence-corrected chi connectivity index (χ0v) is 15.6. The van der Waals surface area contributed by atoms with Gasteiger partial charge in [-0.1, -0.05) is 6.07 Å². The van der Waals surface area contributed by atoms with Crippen molar-refractivity contribution in [1.82, 2.24) is 15.2 Å². The van der Waals surface area contributed by atoms with Crippen LogP contribution in [0.15, 0.2) is 23.0 Å². The van der Waals surface area contributed by atoms with Crippen LogP contribution in [0.2, 0.25) is 0 Å². The zero-order valence-electron chi connectivity index (χ0n) is 15.6. The minimum absolute atomic E-state index is 0.0154. The second-order valence-corrected chi connectivity index (χ2v) is 6.97. The number of hydrogen-bond donors (Lipinski definition) is 2. The van der Waals surface area contributed by atoms with Crippen LogP contribution < -0.4 is 10.9 Å². The molecule has 1 amide bonds. The van der Waals surface area contributed by atoms with E-state index in [0.29, 0.717) is 24.9 Å². The van der Waals surface area contributed by atoms with Gasteiger partial charge in [0.25, 0.3) is 5.56 Å². The van der Waals surface area contributed by atoms with Crippen molar-refractivity contribution < 1.29 is 9.53 Å². The van der Waals surface area contributed by atoms with Gasteiger partial charge in [0.1, 0.15) is 0 Å². The van der Waals surface area contributed by atoms with Gasteiger partial charge >= 0.3 is 0 Å². The number of nitrogens with one attached hydrogen (secondary N) is 2. The number of H-pyrrole nitrogens is 1. The van der Waals surface area contributed by atoms with Crippen molar-refractivity contribution in [3.05, 3.63) is 45.2 Å². The van der Waals surface area contributed by atoms with Crippen molar-refractivity contribution in [2.24, 2.45) is 0 Å². The van der Waals surface area contributed by atoms with Crippen molar-refractivity contribution in [3.8, 4) is 0 Å². The van der Waals surface area contributed by atoms with Crippen molar-refractivity contribution >= 4 is 16.8 Å². The highest BCUT2D eigenvalue weighted by atomic mass is 16.5. The van der Waals surface area contributed by atoms with E-state index in [2.05, 4.69) is 21.3 Å². The van der Waals surface area contributed by atoms with Gasteiger partial charge in [0.15, 0.2) is 0 Å². The molecule has 3 rings (SSSR count). The Morgan fingerprint density at radius 2 is 2.00 bits per heavy atom. The molecule has 6 heteroatoms. The molecule has 26 heavy (non-hydrogen) atoms. The first kappa shape index (κ1) is 18.6. The molecule has 6 nitrogen and oxygen atoms in total. The number of aryl methyl sites for hydroxylation is 3. The number of hydrogen-bond acceptors (Lipinski definition) is 4. The number of pyridine rings is 1. The highest BCUT2D eigenvalue weighted by Crippen LogP contribution is 2.18. The molecule has 1 aliphatic rings. The predicted molar refractivity (Wildman–Crippen MR) is 103 cm³/mol. The summed E-state index contributed by atoms with van der Waals surface area (Å²) >= 11 is 0. The minimum atomic E-state index is -0.108. The predicted octanol–water partition coefficient (Wildman–Crippen LogP) is 1.53. The van der Waals surface area contributed by atoms with Crippen molar-refractivity contribution in [3.63, 3.8) is 0 Å². The molecule has 0 unspecified atom stereocenters. The Kier molecular flexibility index (Phi) is 6.06. The standard InChI is InChI=1S/C20H27N3O3/c1-14-11-15(2)17-13-16(20(25)22-18(17)12-14)3-4-19(24)21-5-6-23-7-9-26-10-8-23/h11-13H,3-10H2,1-2H3,(H,21,24)(H,22,25). The fourth-order valence-electron chi connectivity index (χ4n) is 3.42. The third-order valence-corrected chi connectivity index (χ3v) is 4.86. The zero-order chi connectivity index (χ0) is 18.5. The quantitative estimate of drug-likeness (QED) is 0.822. The number of carbonyl (C=O) groups excluding carboxylic acids is 1. The number of ether oxygens (including phenoxy) is 1. The van der Waals surface area contributed by atoms with Crippen LogP contribution >= 0.6 is 0 Å². The molecule has 0 aliphatic carbocycles. The molecular formula is C20H27N3O3. The molecular weight excluding hydrogens is 330 g/mol. The summed E-state index contributed by atoms with van der Waals surface area (Å²) in [6.07, 6.45) is 0.768. The van der Waals surface area contributed by atoms with Crippen molar-refractivity contribution in [2.45, 2.75) is 26.7 Å². The molecule has 0 saturated carbocycles. The maximum Gasteiger partial charge on any atom is 0.251 e. The highest BCUT2D eigenvalue weighted by Gasteiger charge is 2.11. The van der Waals surface area contributed by atoms with Gasteiger partial charge in [-0.15, -0.1) is 0 Å². The van der Waals surface area contributed by atoms with Crippen LogP contribution in [-0.2, 0) is 16.0 Å². The van der Waals surface area contributed by atoms with Gasteiger partial charge in [0, 0.05) is 49.1 Å². The SMILES string of the molecule is Cc1cc(C)c2cc(CCC(=O)NCCN3CCOCC3)c(=O)[nH]c2c1. The highest BCUT2D eigenvalue weighted by molar-refractivity contribution is 5.83. The summed E-state index contributed by atoms with van der Waals surface area (Å²) in [5.41, 5.74) is 3.66. The molecule has 1 fully saturated rings. The first-order valence-electron chi connectivity index (χ1n) is 9.23. The van der Waals surface area contributed by atoms with E-state index in [4.69, 9.17) is 4.74 Å². The maximum absolute atomic E-state index is 12.3. The summed E-state index contributed by atoms with van der Waals surface area (Å²) in [5, 5.41) is 3.98. The van der Waals surface area contributed by atoms with Crippen LogP contribution in [0.5, 0.6) is 0 Å². The fraction of sp³-hybridized carbons (Fsp3) is 0.500. The molecule has 2 N–H and O–H groups in total. The number of rotatable bonds is 6. The van der Waals surface area contributed by atoms with E-state index in [9.17, 15) is 9.59 Å². The summed E-state index contributed by atoms with van der Waals surface area (Å²) in [6, 6.07) is 6.00. The molecule has 0 radical (unpaired) electrons. The molecule has 1 saturated heterocycles. The summed E-state index contributed by atoms with van der Waals surface area (Å²) < 4.78 is 5.31. The number of fused-ring (bicyclic) bond motifs is 1. The van der Waals surface area contributed by atoms with Gasteiger partial charge in [-0.2, -0.15) is 0 Å². The van der Waals surface area contributed by atoms with Gasteiger partial charge in [-0.3, -0.25) is 14.5 Å². The Balaban J connectivity index is 1.54. The van der Waals surface area contributed by atoms with E-state index in [1.807, 2.05) is 26.0 Å². The largest absolute Gasteiger partial charge is 0.379 e. The van der Waals surface area contributed by atoms with Crippen molar-refractivity contribution in [2.75, 3.05) is 39.4 Å². The van der Waals surface area contributed by atoms with Gasteiger partial charge in [-0.25, -0.2) is 0 Å². The number of carbonyl (C=O) groups is 1. The summed E-state index contributed by atoms with van der Waals surface area (Å²) in [6.45, 7) is 8.88. The molecule has 2 heterocycles. The molecule has 1 aliphatic heterocycles. The molecule has 1 aromatic heterocycles. The van der Waals surface area contributed by atoms with Crippen molar-refractivity contribution in [1.29, 1.82) is 0 Å². The molecule has 1 aromatic carbocycles. The Morgan fingerprint density at radius 1 is 1.23 bits per heavy atom. The van der Waals surface area contributed by atoms with E-state index in [1.54, 1.807) is 0 Å². The summed E-state index contributed by atoms with van der Waals surface area (Å²) in [5.74, 6) is -0.0154. The molecule has 0 spiro atoms. The third-order valence-electron chi connectivity index (χ3n) is 4.86. The Hall–Kier alpha value is -2.18. The van der Waals surface area contributed by atoms with Gasteiger partial charge < -0.3 is 15.0 Å². The van der Waals surface area contributed by atoms with Crippen LogP contribution in [0, 0.1) is 13.8 Å². The molecule has 0 bridgehead atoms. The number of aromatic nitrogens is 1. The number of amides is 1. The number of benzene rings is 1. The average Bonchev–Trinajstić information content (AvgIpc) is 2.61. The maximum atomic E-state index is 12.3. The molecule has 2 aromatic rings. The second kappa shape index (κ2) is 8.47. The van der Waals surface area contributed by atoms with E-state index < -0.39 is 0 Å². The van der Waals surface area contributed by atoms with E-state index in [0.717, 1.165) is 54.9 Å². The first-order chi connectivity index (χ1) is 12.5. The van der Waals surface area contributed by atoms with Crippen LogP contribution in [-0.4, -0.2) is 55.2 Å². The lowest BCUT2D eigenvalue weighted by Crippen LogP contribution is -2.41. The van der Waals surface area contributed by atoms with E-state index in [1.165, 1.54) is 0 Å². The van der Waals surface area contributed by atoms with E-state index >= 15 is 0 Å². The second-order valence-electron chi connectivity index (χ2n) is 6.97. The van der Waals surface area contributed by atoms with Gasteiger partial charge in [0.2, 0.25) is 5.91 Å². The smallest absolute Gasteiger partial charge is 0.251 e. The Bertz CT molecular complexity index is 838. The fourth-order valence-corrected chi connectivity index (χ4v) is 3.42. The van der Waals surface area contributed by atoms with Gasteiger partial charge in [-0.05, 0) is 43.5 Å². The number of nitrogens with zero attached hydrogens (tertiary/aromatic N) is 1. The van der Waals surface area contributed by atoms with Crippen LogP contribution in [0.1, 0.15) is 23.1 Å². The minimum Gasteiger partial charge on any atom is -0.379 e. The third kappa shape index (κ3) is 4.71. The lowest BCUT2D eigenvalue weighted by Gasteiger charge is -2.26. The van der Waals surface area contributed by atoms with Crippen LogP contribution in [0.3, 0.4) is 0 Å². The first-order valence-corrected chi connectivity index (χ1v) is 9.23. The normalized spacial score (nSPS) is 15.3. The number of aromatic amines is 1.